The lowest BCUT2D eigenvalue weighted by atomic mass is 10.0. The van der Waals surface area contributed by atoms with Gasteiger partial charge in [-0.15, -0.1) is 0 Å². The summed E-state index contributed by atoms with van der Waals surface area (Å²) >= 11 is 0. The van der Waals surface area contributed by atoms with Gasteiger partial charge in [-0.3, -0.25) is 4.79 Å². The highest BCUT2D eigenvalue weighted by Crippen LogP contribution is 2.19. The fraction of sp³-hybridized carbons (Fsp3) is 0.286. The number of rotatable bonds is 5. The molecule has 0 fully saturated rings. The Hall–Kier alpha value is -2.10. The van der Waals surface area contributed by atoms with E-state index >= 15 is 0 Å². The van der Waals surface area contributed by atoms with Crippen LogP contribution < -0.4 is 4.74 Å². The van der Waals surface area contributed by atoms with Crippen LogP contribution in [0.5, 0.6) is 5.75 Å². The summed E-state index contributed by atoms with van der Waals surface area (Å²) in [7, 11) is 0. The maximum atomic E-state index is 11.7. The zero-order chi connectivity index (χ0) is 13.7. The third-order valence-electron chi connectivity index (χ3n) is 2.21. The largest absolute Gasteiger partial charge is 0.491 e. The Morgan fingerprint density at radius 2 is 1.94 bits per heavy atom. The average molecular weight is 248 g/mol. The normalized spacial score (nSPS) is 10.9. The molecule has 1 aromatic rings. The van der Waals surface area contributed by atoms with Gasteiger partial charge in [-0.1, -0.05) is 0 Å². The van der Waals surface area contributed by atoms with E-state index in [0.29, 0.717) is 11.3 Å². The second-order valence-corrected chi connectivity index (χ2v) is 4.18. The van der Waals surface area contributed by atoms with E-state index in [1.807, 2.05) is 13.8 Å². The number of hydrogen-bond acceptors (Lipinski definition) is 3. The smallest absolute Gasteiger partial charge is 0.328 e. The summed E-state index contributed by atoms with van der Waals surface area (Å²) in [5.74, 6) is -0.770. The number of aliphatic carboxylic acids is 1. The Kier molecular flexibility index (Phi) is 4.66. The zero-order valence-corrected chi connectivity index (χ0v) is 10.6. The van der Waals surface area contributed by atoms with Gasteiger partial charge in [-0.05, 0) is 50.6 Å². The lowest BCUT2D eigenvalue weighted by Gasteiger charge is -2.11. The van der Waals surface area contributed by atoms with Gasteiger partial charge in [0.05, 0.1) is 6.10 Å². The Bertz CT molecular complexity index is 487. The summed E-state index contributed by atoms with van der Waals surface area (Å²) in [6.45, 7) is 5.63. The van der Waals surface area contributed by atoms with Gasteiger partial charge in [0.15, 0.2) is 5.78 Å². The molecule has 0 aliphatic heterocycles. The number of carboxylic acid groups (broad SMARTS) is 1. The number of ether oxygens (including phenoxy) is 1. The first-order valence-corrected chi connectivity index (χ1v) is 5.63. The molecule has 0 radical (unpaired) electrons. The molecule has 0 unspecified atom stereocenters. The zero-order valence-electron chi connectivity index (χ0n) is 10.6. The van der Waals surface area contributed by atoms with Gasteiger partial charge in [0.2, 0.25) is 0 Å². The van der Waals surface area contributed by atoms with Crippen molar-refractivity contribution in [3.63, 3.8) is 0 Å². The van der Waals surface area contributed by atoms with E-state index in [-0.39, 0.29) is 11.9 Å². The topological polar surface area (TPSA) is 63.6 Å². The molecule has 0 saturated carbocycles. The third kappa shape index (κ3) is 4.05. The van der Waals surface area contributed by atoms with Gasteiger partial charge >= 0.3 is 5.97 Å². The molecule has 18 heavy (non-hydrogen) atoms. The predicted molar refractivity (Wildman–Crippen MR) is 68.0 cm³/mol. The van der Waals surface area contributed by atoms with Gasteiger partial charge in [0, 0.05) is 11.6 Å². The van der Waals surface area contributed by atoms with Crippen molar-refractivity contribution in [2.75, 3.05) is 0 Å². The van der Waals surface area contributed by atoms with Crippen molar-refractivity contribution in [1.82, 2.24) is 0 Å². The fourth-order valence-corrected chi connectivity index (χ4v) is 1.49. The number of ketones is 1. The number of carbonyl (C=O) groups is 2. The summed E-state index contributed by atoms with van der Waals surface area (Å²) in [5.41, 5.74) is 1.23. The van der Waals surface area contributed by atoms with Crippen LogP contribution in [0.3, 0.4) is 0 Å². The lowest BCUT2D eigenvalue weighted by molar-refractivity contribution is -0.131. The van der Waals surface area contributed by atoms with Crippen molar-refractivity contribution >= 4 is 11.8 Å². The first-order chi connectivity index (χ1) is 8.40. The fourth-order valence-electron chi connectivity index (χ4n) is 1.49. The molecule has 0 saturated heterocycles. The van der Waals surface area contributed by atoms with Crippen molar-refractivity contribution in [1.29, 1.82) is 0 Å². The lowest BCUT2D eigenvalue weighted by Crippen LogP contribution is -2.06. The second kappa shape index (κ2) is 6.00. The van der Waals surface area contributed by atoms with Crippen LogP contribution in [0.15, 0.2) is 30.4 Å². The van der Waals surface area contributed by atoms with Gasteiger partial charge in [-0.2, -0.15) is 0 Å². The number of carboxylic acids is 1. The van der Waals surface area contributed by atoms with E-state index < -0.39 is 5.97 Å². The summed E-state index contributed by atoms with van der Waals surface area (Å²) in [5, 5.41) is 8.46. The number of allylic oxidation sites excluding steroid dienone is 1. The Morgan fingerprint density at radius 1 is 1.28 bits per heavy atom. The molecule has 0 heterocycles. The average Bonchev–Trinajstić information content (AvgIpc) is 2.25. The number of aryl methyl sites for hydroxylation is 1. The molecule has 1 aromatic carbocycles. The number of carbonyl (C=O) groups excluding carboxylic acids is 1. The molecule has 1 N–H and O–H groups in total. The first-order valence-electron chi connectivity index (χ1n) is 5.63. The molecule has 0 aliphatic rings. The minimum atomic E-state index is -1.14. The van der Waals surface area contributed by atoms with Crippen LogP contribution in [0.1, 0.15) is 29.8 Å². The van der Waals surface area contributed by atoms with Gasteiger partial charge in [-0.25, -0.2) is 4.79 Å². The third-order valence-corrected chi connectivity index (χ3v) is 2.21. The second-order valence-electron chi connectivity index (χ2n) is 4.18. The van der Waals surface area contributed by atoms with Crippen LogP contribution in [-0.4, -0.2) is 23.0 Å². The van der Waals surface area contributed by atoms with Crippen LogP contribution in [0.4, 0.5) is 0 Å². The molecule has 4 nitrogen and oxygen atoms in total. The minimum absolute atomic E-state index is 0.0675. The maximum Gasteiger partial charge on any atom is 0.328 e. The molecule has 0 bridgehead atoms. The highest BCUT2D eigenvalue weighted by molar-refractivity contribution is 6.07. The van der Waals surface area contributed by atoms with E-state index in [4.69, 9.17) is 9.84 Å². The summed E-state index contributed by atoms with van der Waals surface area (Å²) < 4.78 is 5.50. The van der Waals surface area contributed by atoms with E-state index in [1.54, 1.807) is 25.1 Å². The summed E-state index contributed by atoms with van der Waals surface area (Å²) in [6, 6.07) is 5.11. The molecular weight excluding hydrogens is 232 g/mol. The van der Waals surface area contributed by atoms with Crippen molar-refractivity contribution in [2.24, 2.45) is 0 Å². The molecule has 96 valence electrons. The molecule has 0 spiro atoms. The van der Waals surface area contributed by atoms with Crippen LogP contribution >= 0.6 is 0 Å². The van der Waals surface area contributed by atoms with Gasteiger partial charge < -0.3 is 9.84 Å². The summed E-state index contributed by atoms with van der Waals surface area (Å²) in [4.78, 5) is 22.0. The van der Waals surface area contributed by atoms with Crippen molar-refractivity contribution in [3.8, 4) is 5.75 Å². The van der Waals surface area contributed by atoms with Crippen LogP contribution in [0, 0.1) is 6.92 Å². The predicted octanol–water partition coefficient (Wildman–Crippen LogP) is 2.61. The number of benzene rings is 1. The van der Waals surface area contributed by atoms with Crippen molar-refractivity contribution in [3.05, 3.63) is 41.5 Å². The molecule has 0 atom stereocenters. The SMILES string of the molecule is Cc1cc(OC(C)C)ccc1C(=O)/C=C/C(=O)O. The van der Waals surface area contributed by atoms with Crippen LogP contribution in [0.2, 0.25) is 0 Å². The number of hydrogen-bond donors (Lipinski definition) is 1. The molecular formula is C14H16O4. The van der Waals surface area contributed by atoms with E-state index in [9.17, 15) is 9.59 Å². The first kappa shape index (κ1) is 14.0. The Labute approximate surface area is 106 Å². The highest BCUT2D eigenvalue weighted by Gasteiger charge is 2.08. The molecule has 1 rings (SSSR count). The van der Waals surface area contributed by atoms with Gasteiger partial charge in [0.1, 0.15) is 5.75 Å². The standard InChI is InChI=1S/C14H16O4/c1-9(2)18-11-4-5-12(10(3)8-11)13(15)6-7-14(16)17/h4-9H,1-3H3,(H,16,17)/b7-6+. The quantitative estimate of drug-likeness (QED) is 0.642. The van der Waals surface area contributed by atoms with Crippen molar-refractivity contribution in [2.45, 2.75) is 26.9 Å². The minimum Gasteiger partial charge on any atom is -0.491 e. The van der Waals surface area contributed by atoms with Gasteiger partial charge in [0.25, 0.3) is 0 Å². The van der Waals surface area contributed by atoms with Crippen LogP contribution in [-0.2, 0) is 4.79 Å². The molecule has 4 heteroatoms. The van der Waals surface area contributed by atoms with Crippen molar-refractivity contribution < 1.29 is 19.4 Å². The van der Waals surface area contributed by atoms with E-state index in [1.165, 1.54) is 0 Å². The van der Waals surface area contributed by atoms with E-state index in [0.717, 1.165) is 17.7 Å². The van der Waals surface area contributed by atoms with E-state index in [2.05, 4.69) is 0 Å². The molecule has 0 amide bonds. The van der Waals surface area contributed by atoms with Crippen LogP contribution in [0.25, 0.3) is 0 Å². The summed E-state index contributed by atoms with van der Waals surface area (Å²) in [6.07, 6.45) is 1.95. The monoisotopic (exact) mass is 248 g/mol. The molecule has 0 aliphatic carbocycles. The highest BCUT2D eigenvalue weighted by atomic mass is 16.5. The Balaban J connectivity index is 2.91. The Morgan fingerprint density at radius 3 is 2.44 bits per heavy atom. The maximum absolute atomic E-state index is 11.7. The molecule has 0 aromatic heterocycles.